The molecule has 1 aliphatic heterocycles. The third-order valence-electron chi connectivity index (χ3n) is 4.98. The van der Waals surface area contributed by atoms with Crippen LogP contribution in [-0.2, 0) is 17.6 Å². The maximum atomic E-state index is 12.2. The Bertz CT molecular complexity index is 996. The Morgan fingerprint density at radius 1 is 1.11 bits per heavy atom. The number of hydrogen-bond donors (Lipinski definition) is 1. The molecule has 0 radical (unpaired) electrons. The number of aryl methyl sites for hydroxylation is 2. The molecule has 0 unspecified atom stereocenters. The molecule has 0 saturated carbocycles. The summed E-state index contributed by atoms with van der Waals surface area (Å²) >= 11 is 0. The highest BCUT2D eigenvalue weighted by Gasteiger charge is 2.23. The van der Waals surface area contributed by atoms with Gasteiger partial charge in [-0.15, -0.1) is 0 Å². The molecular formula is C24H24N2O2. The Labute approximate surface area is 165 Å². The van der Waals surface area contributed by atoms with Crippen LogP contribution < -0.4 is 10.1 Å². The smallest absolute Gasteiger partial charge is 0.224 e. The molecule has 1 N–H and O–H groups in total. The lowest BCUT2D eigenvalue weighted by Crippen LogP contribution is -2.35. The van der Waals surface area contributed by atoms with E-state index in [0.717, 1.165) is 40.1 Å². The number of aromatic nitrogens is 1. The third kappa shape index (κ3) is 4.22. The summed E-state index contributed by atoms with van der Waals surface area (Å²) in [5.74, 6) is 0.920. The lowest BCUT2D eigenvalue weighted by atomic mass is 10.0. The van der Waals surface area contributed by atoms with E-state index in [2.05, 4.69) is 22.4 Å². The van der Waals surface area contributed by atoms with Crippen molar-refractivity contribution < 1.29 is 9.53 Å². The number of fused-ring (bicyclic) bond motifs is 1. The number of pyridine rings is 1. The molecule has 2 aromatic carbocycles. The number of ether oxygens (including phenoxy) is 1. The average Bonchev–Trinajstić information content (AvgIpc) is 3.09. The first-order chi connectivity index (χ1) is 13.6. The van der Waals surface area contributed by atoms with E-state index in [0.29, 0.717) is 13.0 Å². The molecule has 1 atom stereocenters. The SMILES string of the molecule is Cc1ccc(-c2ccc3c(c2)C[C@@H](CNC(=O)Cc2cccc(C)c2)O3)nc1. The zero-order valence-electron chi connectivity index (χ0n) is 16.2. The van der Waals surface area contributed by atoms with Gasteiger partial charge in [-0.25, -0.2) is 0 Å². The summed E-state index contributed by atoms with van der Waals surface area (Å²) in [7, 11) is 0. The van der Waals surface area contributed by atoms with E-state index in [4.69, 9.17) is 4.74 Å². The molecule has 0 bridgehead atoms. The van der Waals surface area contributed by atoms with Crippen LogP contribution in [0.5, 0.6) is 5.75 Å². The second-order valence-electron chi connectivity index (χ2n) is 7.46. The van der Waals surface area contributed by atoms with Crippen LogP contribution in [0.4, 0.5) is 0 Å². The van der Waals surface area contributed by atoms with Gasteiger partial charge in [0.25, 0.3) is 0 Å². The molecule has 1 aliphatic rings. The first-order valence-corrected chi connectivity index (χ1v) is 9.62. The van der Waals surface area contributed by atoms with Crippen LogP contribution in [-0.4, -0.2) is 23.5 Å². The van der Waals surface area contributed by atoms with Gasteiger partial charge in [0.1, 0.15) is 11.9 Å². The fraction of sp³-hybridized carbons (Fsp3) is 0.250. The number of carbonyl (C=O) groups excluding carboxylic acids is 1. The third-order valence-corrected chi connectivity index (χ3v) is 4.98. The van der Waals surface area contributed by atoms with Crippen molar-refractivity contribution >= 4 is 5.91 Å². The summed E-state index contributed by atoms with van der Waals surface area (Å²) in [5, 5.41) is 3.00. The van der Waals surface area contributed by atoms with Crippen molar-refractivity contribution in [2.24, 2.45) is 0 Å². The van der Waals surface area contributed by atoms with Crippen LogP contribution >= 0.6 is 0 Å². The molecule has 0 fully saturated rings. The minimum absolute atomic E-state index is 0.0229. The minimum atomic E-state index is -0.0299. The predicted octanol–water partition coefficient (Wildman–Crippen LogP) is 4.03. The van der Waals surface area contributed by atoms with Crippen LogP contribution in [0.1, 0.15) is 22.3 Å². The Kier molecular flexibility index (Phi) is 5.11. The van der Waals surface area contributed by atoms with Crippen molar-refractivity contribution in [1.29, 1.82) is 0 Å². The van der Waals surface area contributed by atoms with E-state index in [-0.39, 0.29) is 12.0 Å². The van der Waals surface area contributed by atoms with Gasteiger partial charge in [0.2, 0.25) is 5.91 Å². The molecule has 28 heavy (non-hydrogen) atoms. The zero-order valence-corrected chi connectivity index (χ0v) is 16.2. The summed E-state index contributed by atoms with van der Waals surface area (Å²) in [5.41, 5.74) is 6.56. The average molecular weight is 372 g/mol. The molecule has 2 heterocycles. The van der Waals surface area contributed by atoms with Crippen LogP contribution in [0.15, 0.2) is 60.8 Å². The van der Waals surface area contributed by atoms with E-state index in [1.54, 1.807) is 0 Å². The normalized spacial score (nSPS) is 15.0. The predicted molar refractivity (Wildman–Crippen MR) is 110 cm³/mol. The van der Waals surface area contributed by atoms with Crippen LogP contribution in [0, 0.1) is 13.8 Å². The van der Waals surface area contributed by atoms with Crippen LogP contribution in [0.25, 0.3) is 11.3 Å². The minimum Gasteiger partial charge on any atom is -0.488 e. The second-order valence-corrected chi connectivity index (χ2v) is 7.46. The van der Waals surface area contributed by atoms with Crippen LogP contribution in [0.2, 0.25) is 0 Å². The van der Waals surface area contributed by atoms with E-state index in [1.807, 2.05) is 62.5 Å². The monoisotopic (exact) mass is 372 g/mol. The van der Waals surface area contributed by atoms with E-state index < -0.39 is 0 Å². The molecule has 142 valence electrons. The molecule has 4 heteroatoms. The van der Waals surface area contributed by atoms with Crippen molar-refractivity contribution in [2.75, 3.05) is 6.54 Å². The van der Waals surface area contributed by atoms with Gasteiger partial charge in [-0.3, -0.25) is 9.78 Å². The fourth-order valence-electron chi connectivity index (χ4n) is 3.53. The van der Waals surface area contributed by atoms with Crippen molar-refractivity contribution in [3.05, 3.63) is 83.0 Å². The van der Waals surface area contributed by atoms with Crippen molar-refractivity contribution in [1.82, 2.24) is 10.3 Å². The number of hydrogen-bond acceptors (Lipinski definition) is 3. The van der Waals surface area contributed by atoms with Crippen molar-refractivity contribution in [3.8, 4) is 17.0 Å². The maximum Gasteiger partial charge on any atom is 0.224 e. The quantitative estimate of drug-likeness (QED) is 0.736. The number of benzene rings is 2. The number of carbonyl (C=O) groups is 1. The highest BCUT2D eigenvalue weighted by atomic mass is 16.5. The molecular weight excluding hydrogens is 348 g/mol. The first kappa shape index (κ1) is 18.2. The molecule has 1 aromatic heterocycles. The van der Waals surface area contributed by atoms with Gasteiger partial charge in [0.15, 0.2) is 0 Å². The van der Waals surface area contributed by atoms with E-state index in [9.17, 15) is 4.79 Å². The standard InChI is InChI=1S/C24H24N2O2/c1-16-4-3-5-18(10-16)11-24(27)26-15-21-13-20-12-19(7-9-23(20)28-21)22-8-6-17(2)14-25-22/h3-10,12,14,21H,11,13,15H2,1-2H3,(H,26,27)/t21-/m0/s1. The van der Waals surface area contributed by atoms with Gasteiger partial charge in [-0.1, -0.05) is 35.9 Å². The van der Waals surface area contributed by atoms with Gasteiger partial charge in [0.05, 0.1) is 18.7 Å². The highest BCUT2D eigenvalue weighted by molar-refractivity contribution is 5.78. The molecule has 4 nitrogen and oxygen atoms in total. The number of rotatable bonds is 5. The summed E-state index contributed by atoms with van der Waals surface area (Å²) in [6, 6.07) is 18.3. The van der Waals surface area contributed by atoms with E-state index >= 15 is 0 Å². The molecule has 0 saturated heterocycles. The lowest BCUT2D eigenvalue weighted by Gasteiger charge is -2.12. The fourth-order valence-corrected chi connectivity index (χ4v) is 3.53. The van der Waals surface area contributed by atoms with Crippen molar-refractivity contribution in [3.63, 3.8) is 0 Å². The topological polar surface area (TPSA) is 51.2 Å². The number of nitrogens with zero attached hydrogens (tertiary/aromatic N) is 1. The Balaban J connectivity index is 1.34. The Morgan fingerprint density at radius 2 is 2.00 bits per heavy atom. The van der Waals surface area contributed by atoms with E-state index in [1.165, 1.54) is 5.56 Å². The maximum absolute atomic E-state index is 12.2. The molecule has 3 aromatic rings. The summed E-state index contributed by atoms with van der Waals surface area (Å²) in [4.78, 5) is 16.7. The zero-order chi connectivity index (χ0) is 19.5. The van der Waals surface area contributed by atoms with Gasteiger partial charge >= 0.3 is 0 Å². The second kappa shape index (κ2) is 7.85. The van der Waals surface area contributed by atoms with Gasteiger partial charge in [-0.05, 0) is 54.8 Å². The van der Waals surface area contributed by atoms with Crippen molar-refractivity contribution in [2.45, 2.75) is 32.8 Å². The van der Waals surface area contributed by atoms with Crippen LogP contribution in [0.3, 0.4) is 0 Å². The summed E-state index contributed by atoms with van der Waals surface area (Å²) < 4.78 is 6.00. The van der Waals surface area contributed by atoms with Gasteiger partial charge < -0.3 is 10.1 Å². The molecule has 0 aliphatic carbocycles. The Hall–Kier alpha value is -3.14. The number of amides is 1. The lowest BCUT2D eigenvalue weighted by molar-refractivity contribution is -0.120. The molecule has 1 amide bonds. The molecule has 0 spiro atoms. The molecule has 4 rings (SSSR count). The summed E-state index contributed by atoms with van der Waals surface area (Å²) in [6.45, 7) is 4.58. The Morgan fingerprint density at radius 3 is 2.79 bits per heavy atom. The van der Waals surface area contributed by atoms with Gasteiger partial charge in [0, 0.05) is 18.2 Å². The highest BCUT2D eigenvalue weighted by Crippen LogP contribution is 2.32. The summed E-state index contributed by atoms with van der Waals surface area (Å²) in [6.07, 6.45) is 3.04. The first-order valence-electron chi connectivity index (χ1n) is 9.62. The van der Waals surface area contributed by atoms with Gasteiger partial charge in [-0.2, -0.15) is 0 Å². The number of nitrogens with one attached hydrogen (secondary N) is 1. The largest absolute Gasteiger partial charge is 0.488 e.